The van der Waals surface area contributed by atoms with Crippen LogP contribution < -0.4 is 4.74 Å². The van der Waals surface area contributed by atoms with Crippen LogP contribution in [0.1, 0.15) is 5.56 Å². The Morgan fingerprint density at radius 3 is 2.93 bits per heavy atom. The van der Waals surface area contributed by atoms with E-state index in [9.17, 15) is 4.39 Å². The predicted octanol–water partition coefficient (Wildman–Crippen LogP) is 3.79. The molecule has 0 aliphatic rings. The second-order valence-corrected chi connectivity index (χ2v) is 4.07. The molecule has 1 aromatic carbocycles. The van der Waals surface area contributed by atoms with Gasteiger partial charge in [0.1, 0.15) is 0 Å². The van der Waals surface area contributed by atoms with Crippen LogP contribution in [-0.2, 0) is 5.88 Å². The van der Waals surface area contributed by atoms with Gasteiger partial charge < -0.3 is 4.74 Å². The summed E-state index contributed by atoms with van der Waals surface area (Å²) < 4.78 is 19.2. The van der Waals surface area contributed by atoms with Gasteiger partial charge in [0.05, 0.1) is 7.11 Å². The van der Waals surface area contributed by atoms with Gasteiger partial charge in [-0.1, -0.05) is 12.1 Å². The molecule has 1 aromatic heterocycles. The lowest BCUT2D eigenvalue weighted by molar-refractivity contribution is 0.398. The smallest absolute Gasteiger partial charge is 0.219 e. The van der Waals surface area contributed by atoms with E-state index in [1.54, 1.807) is 0 Å². The maximum Gasteiger partial charge on any atom is 0.219 e. The molecule has 0 atom stereocenters. The van der Waals surface area contributed by atoms with Crippen molar-refractivity contribution in [2.75, 3.05) is 7.11 Å². The van der Waals surface area contributed by atoms with Gasteiger partial charge in [-0.15, -0.1) is 22.9 Å². The topological polar surface area (TPSA) is 9.23 Å². The summed E-state index contributed by atoms with van der Waals surface area (Å²) in [6, 6.07) is 5.59. The number of halogens is 2. The van der Waals surface area contributed by atoms with Gasteiger partial charge in [0, 0.05) is 16.0 Å². The van der Waals surface area contributed by atoms with Crippen LogP contribution in [0.3, 0.4) is 0 Å². The SMILES string of the molecule is COc1c(F)sc2c(CCl)cccc12. The lowest BCUT2D eigenvalue weighted by Gasteiger charge is -1.98. The van der Waals surface area contributed by atoms with Crippen LogP contribution in [0.15, 0.2) is 18.2 Å². The zero-order valence-corrected chi connectivity index (χ0v) is 9.08. The summed E-state index contributed by atoms with van der Waals surface area (Å²) in [5.41, 5.74) is 0.941. The summed E-state index contributed by atoms with van der Waals surface area (Å²) in [6.45, 7) is 0. The molecule has 0 spiro atoms. The van der Waals surface area contributed by atoms with Crippen LogP contribution in [0.4, 0.5) is 4.39 Å². The van der Waals surface area contributed by atoms with Crippen LogP contribution >= 0.6 is 22.9 Å². The summed E-state index contributed by atoms with van der Waals surface area (Å²) in [5, 5.41) is 0.508. The molecule has 1 heterocycles. The maximum absolute atomic E-state index is 13.4. The number of ether oxygens (including phenoxy) is 1. The van der Waals surface area contributed by atoms with Crippen LogP contribution in [0.25, 0.3) is 10.1 Å². The molecular weight excluding hydrogens is 223 g/mol. The predicted molar refractivity (Wildman–Crippen MR) is 57.9 cm³/mol. The Labute approximate surface area is 90.1 Å². The molecule has 0 N–H and O–H groups in total. The third-order valence-corrected chi connectivity index (χ3v) is 3.40. The van der Waals surface area contributed by atoms with Crippen molar-refractivity contribution in [3.63, 3.8) is 0 Å². The van der Waals surface area contributed by atoms with Crippen LogP contribution in [-0.4, -0.2) is 7.11 Å². The second-order valence-electron chi connectivity index (χ2n) is 2.84. The largest absolute Gasteiger partial charge is 0.492 e. The Bertz CT molecular complexity index is 466. The van der Waals surface area contributed by atoms with Crippen molar-refractivity contribution in [2.45, 2.75) is 5.88 Å². The van der Waals surface area contributed by atoms with E-state index in [0.717, 1.165) is 27.0 Å². The van der Waals surface area contributed by atoms with Gasteiger partial charge in [-0.25, -0.2) is 0 Å². The number of fused-ring (bicyclic) bond motifs is 1. The molecule has 14 heavy (non-hydrogen) atoms. The number of hydrogen-bond donors (Lipinski definition) is 0. The van der Waals surface area contributed by atoms with Crippen LogP contribution in [0.2, 0.25) is 0 Å². The monoisotopic (exact) mass is 230 g/mol. The van der Waals surface area contributed by atoms with E-state index in [0.29, 0.717) is 11.6 Å². The molecule has 0 amide bonds. The minimum Gasteiger partial charge on any atom is -0.492 e. The van der Waals surface area contributed by atoms with Gasteiger partial charge in [-0.05, 0) is 11.6 Å². The third-order valence-electron chi connectivity index (χ3n) is 2.06. The molecule has 0 aliphatic heterocycles. The van der Waals surface area contributed by atoms with Gasteiger partial charge >= 0.3 is 0 Å². The van der Waals surface area contributed by atoms with E-state index in [-0.39, 0.29) is 5.13 Å². The fourth-order valence-corrected chi connectivity index (χ4v) is 2.73. The Hall–Kier alpha value is -0.800. The molecule has 0 saturated carbocycles. The number of rotatable bonds is 2. The molecule has 0 saturated heterocycles. The van der Waals surface area contributed by atoms with E-state index < -0.39 is 0 Å². The highest BCUT2D eigenvalue weighted by atomic mass is 35.5. The van der Waals surface area contributed by atoms with E-state index in [1.807, 2.05) is 18.2 Å². The van der Waals surface area contributed by atoms with Crippen molar-refractivity contribution in [3.8, 4) is 5.75 Å². The summed E-state index contributed by atoms with van der Waals surface area (Å²) >= 11 is 6.83. The first-order valence-electron chi connectivity index (χ1n) is 4.07. The molecule has 0 bridgehead atoms. The average Bonchev–Trinajstić information content (AvgIpc) is 2.52. The first-order chi connectivity index (χ1) is 6.77. The average molecular weight is 231 g/mol. The molecule has 1 nitrogen and oxygen atoms in total. The molecular formula is C10H8ClFOS. The van der Waals surface area contributed by atoms with E-state index in [1.165, 1.54) is 7.11 Å². The molecule has 0 aliphatic carbocycles. The minimum absolute atomic E-state index is 0.292. The van der Waals surface area contributed by atoms with E-state index in [2.05, 4.69) is 0 Å². The minimum atomic E-state index is -0.292. The Morgan fingerprint density at radius 2 is 2.29 bits per heavy atom. The summed E-state index contributed by atoms with van der Waals surface area (Å²) in [4.78, 5) is 0. The lowest BCUT2D eigenvalue weighted by atomic mass is 10.2. The van der Waals surface area contributed by atoms with E-state index in [4.69, 9.17) is 16.3 Å². The van der Waals surface area contributed by atoms with Crippen molar-refractivity contribution in [2.24, 2.45) is 0 Å². The highest BCUT2D eigenvalue weighted by Crippen LogP contribution is 2.38. The molecule has 0 radical (unpaired) electrons. The third kappa shape index (κ3) is 1.37. The molecule has 2 rings (SSSR count). The van der Waals surface area contributed by atoms with Crippen molar-refractivity contribution < 1.29 is 9.13 Å². The number of thiophene rings is 1. The number of methoxy groups -OCH3 is 1. The Morgan fingerprint density at radius 1 is 1.50 bits per heavy atom. The fourth-order valence-electron chi connectivity index (χ4n) is 1.42. The Balaban J connectivity index is 2.79. The van der Waals surface area contributed by atoms with Crippen molar-refractivity contribution in [1.82, 2.24) is 0 Å². The van der Waals surface area contributed by atoms with Crippen molar-refractivity contribution in [1.29, 1.82) is 0 Å². The zero-order valence-electron chi connectivity index (χ0n) is 7.51. The zero-order chi connectivity index (χ0) is 10.1. The van der Waals surface area contributed by atoms with Gasteiger partial charge in [-0.3, -0.25) is 0 Å². The number of benzene rings is 1. The standard InChI is InChI=1S/C10H8ClFOS/c1-13-8-7-4-2-3-6(5-11)9(7)14-10(8)12/h2-4H,5H2,1H3. The summed E-state index contributed by atoms with van der Waals surface area (Å²) in [6.07, 6.45) is 0. The van der Waals surface area contributed by atoms with Crippen molar-refractivity contribution >= 4 is 33.0 Å². The molecule has 0 fully saturated rings. The van der Waals surface area contributed by atoms with Crippen molar-refractivity contribution in [3.05, 3.63) is 28.9 Å². The highest BCUT2D eigenvalue weighted by Gasteiger charge is 2.14. The lowest BCUT2D eigenvalue weighted by Crippen LogP contribution is -1.83. The fraction of sp³-hybridized carbons (Fsp3) is 0.200. The molecule has 4 heteroatoms. The maximum atomic E-state index is 13.4. The number of hydrogen-bond acceptors (Lipinski definition) is 2. The second kappa shape index (κ2) is 3.75. The summed E-state index contributed by atoms with van der Waals surface area (Å²) in [7, 11) is 1.47. The normalized spacial score (nSPS) is 10.8. The molecule has 0 unspecified atom stereocenters. The highest BCUT2D eigenvalue weighted by molar-refractivity contribution is 7.18. The summed E-state index contributed by atoms with van der Waals surface area (Å²) in [5.74, 6) is 0.706. The van der Waals surface area contributed by atoms with Gasteiger partial charge in [0.25, 0.3) is 0 Å². The van der Waals surface area contributed by atoms with Gasteiger partial charge in [-0.2, -0.15) is 4.39 Å². The molecule has 2 aromatic rings. The first-order valence-corrected chi connectivity index (χ1v) is 5.43. The molecule has 74 valence electrons. The van der Waals surface area contributed by atoms with Crippen LogP contribution in [0, 0.1) is 5.13 Å². The number of alkyl halides is 1. The van der Waals surface area contributed by atoms with Gasteiger partial charge in [0.15, 0.2) is 5.75 Å². The van der Waals surface area contributed by atoms with Crippen LogP contribution in [0.5, 0.6) is 5.75 Å². The van der Waals surface area contributed by atoms with Gasteiger partial charge in [0.2, 0.25) is 5.13 Å². The van der Waals surface area contributed by atoms with E-state index >= 15 is 0 Å². The Kier molecular flexibility index (Phi) is 2.61. The quantitative estimate of drug-likeness (QED) is 0.714. The first kappa shape index (κ1) is 9.74.